The molecular formula is C39H46N6O2. The zero-order chi connectivity index (χ0) is 33.0. The molecule has 1 fully saturated rings. The Kier molecular flexibility index (Phi) is 11.8. The van der Waals surface area contributed by atoms with Crippen LogP contribution >= 0.6 is 0 Å². The van der Waals surface area contributed by atoms with E-state index in [-0.39, 0.29) is 24.3 Å². The third-order valence-corrected chi connectivity index (χ3v) is 8.59. The van der Waals surface area contributed by atoms with E-state index in [1.807, 2.05) is 49.5 Å². The third-order valence-electron chi connectivity index (χ3n) is 8.59. The molecule has 1 aliphatic heterocycles. The number of nitrogens with zero attached hydrogens (tertiary/aromatic N) is 1. The van der Waals surface area contributed by atoms with Gasteiger partial charge in [0.2, 0.25) is 11.8 Å². The molecule has 3 heterocycles. The Morgan fingerprint density at radius 1 is 1.00 bits per heavy atom. The highest BCUT2D eigenvalue weighted by molar-refractivity contribution is 5.89. The summed E-state index contributed by atoms with van der Waals surface area (Å²) < 4.78 is 0. The standard InChI is InChI=1S/C28H36N6O2.C11H10/c1-3-8-22-21(16-30-23(22)4-2)15-24(34-27(35)20-11-13-29-14-12-20)28(36)32-18-26-31-17-25(33-26)19-9-6-5-7-10-19;1-9-6-7-10-4-2-3-5-11(10)8-9/h3,5-10,16-17,20,24,29-30H,4,11-15,18H2,1-2H3,(H,31,33)(H,32,36)(H,34,35);2-8H,1H3/b8-3-;. The average molecular weight is 631 g/mol. The Hall–Kier alpha value is -4.95. The number of aryl methyl sites for hydroxylation is 2. The fourth-order valence-corrected chi connectivity index (χ4v) is 5.98. The van der Waals surface area contributed by atoms with E-state index in [1.54, 1.807) is 6.20 Å². The number of allylic oxidation sites excluding steroid dienone is 1. The van der Waals surface area contributed by atoms with Crippen molar-refractivity contribution in [1.29, 1.82) is 0 Å². The molecule has 1 unspecified atom stereocenters. The van der Waals surface area contributed by atoms with Crippen LogP contribution in [0.1, 0.15) is 54.9 Å². The molecule has 1 aliphatic rings. The second kappa shape index (κ2) is 16.6. The van der Waals surface area contributed by atoms with Gasteiger partial charge in [0.05, 0.1) is 18.4 Å². The van der Waals surface area contributed by atoms with Gasteiger partial charge in [0.15, 0.2) is 0 Å². The minimum Gasteiger partial charge on any atom is -0.364 e. The highest BCUT2D eigenvalue weighted by atomic mass is 16.2. The van der Waals surface area contributed by atoms with Crippen molar-refractivity contribution < 1.29 is 9.59 Å². The highest BCUT2D eigenvalue weighted by Gasteiger charge is 2.28. The summed E-state index contributed by atoms with van der Waals surface area (Å²) in [6.07, 6.45) is 10.6. The Balaban J connectivity index is 0.000000330. The normalized spacial score (nSPS) is 14.0. The number of fused-ring (bicyclic) bond motifs is 1. The Labute approximate surface area is 277 Å². The number of amides is 2. The number of rotatable bonds is 10. The molecule has 0 radical (unpaired) electrons. The number of hydrogen-bond donors (Lipinski definition) is 5. The number of nitrogens with one attached hydrogen (secondary N) is 5. The SMILES string of the molecule is C/C=C\c1c(CC(NC(=O)C2CCNCC2)C(=O)NCc2ncc(-c3ccccc3)[nH]2)c[nH]c1CC.Cc1ccc2ccccc2c1. The van der Waals surface area contributed by atoms with Crippen molar-refractivity contribution >= 4 is 28.7 Å². The summed E-state index contributed by atoms with van der Waals surface area (Å²) in [5, 5.41) is 12.0. The molecular weight excluding hydrogens is 584 g/mol. The number of aromatic amines is 2. The Morgan fingerprint density at radius 2 is 1.74 bits per heavy atom. The maximum absolute atomic E-state index is 13.4. The van der Waals surface area contributed by atoms with E-state index in [9.17, 15) is 9.59 Å². The summed E-state index contributed by atoms with van der Waals surface area (Å²) in [4.78, 5) is 37.4. The van der Waals surface area contributed by atoms with Crippen LogP contribution in [0.4, 0.5) is 0 Å². The van der Waals surface area contributed by atoms with Crippen LogP contribution in [0.25, 0.3) is 28.1 Å². The molecule has 244 valence electrons. The maximum atomic E-state index is 13.4. The molecule has 1 saturated heterocycles. The molecule has 0 saturated carbocycles. The molecule has 5 aromatic rings. The van der Waals surface area contributed by atoms with Gasteiger partial charge in [-0.3, -0.25) is 9.59 Å². The summed E-state index contributed by atoms with van der Waals surface area (Å²) in [6, 6.07) is 24.2. The van der Waals surface area contributed by atoms with Crippen LogP contribution in [0, 0.1) is 12.8 Å². The monoisotopic (exact) mass is 630 g/mol. The summed E-state index contributed by atoms with van der Waals surface area (Å²) in [5.41, 5.74) is 6.48. The number of aromatic nitrogens is 3. The van der Waals surface area contributed by atoms with Gasteiger partial charge in [-0.2, -0.15) is 0 Å². The predicted octanol–water partition coefficient (Wildman–Crippen LogP) is 6.49. The zero-order valence-electron chi connectivity index (χ0n) is 27.6. The van der Waals surface area contributed by atoms with E-state index < -0.39 is 6.04 Å². The van der Waals surface area contributed by atoms with E-state index in [2.05, 4.69) is 93.3 Å². The van der Waals surface area contributed by atoms with Crippen molar-refractivity contribution in [2.75, 3.05) is 13.1 Å². The van der Waals surface area contributed by atoms with Crippen molar-refractivity contribution in [3.8, 4) is 11.3 Å². The Bertz CT molecular complexity index is 1780. The molecule has 1 atom stereocenters. The molecule has 0 spiro atoms. The van der Waals surface area contributed by atoms with Crippen LogP contribution in [0.3, 0.4) is 0 Å². The van der Waals surface area contributed by atoms with Crippen LogP contribution in [0.5, 0.6) is 0 Å². The first-order valence-electron chi connectivity index (χ1n) is 16.6. The van der Waals surface area contributed by atoms with E-state index in [1.165, 1.54) is 16.3 Å². The van der Waals surface area contributed by atoms with E-state index in [0.29, 0.717) is 12.2 Å². The van der Waals surface area contributed by atoms with Crippen molar-refractivity contribution in [1.82, 2.24) is 30.9 Å². The minimum atomic E-state index is -0.680. The molecule has 2 aromatic heterocycles. The molecule has 2 amide bonds. The van der Waals surface area contributed by atoms with E-state index >= 15 is 0 Å². The fourth-order valence-electron chi connectivity index (χ4n) is 5.98. The van der Waals surface area contributed by atoms with Gasteiger partial charge in [-0.1, -0.05) is 97.4 Å². The quantitative estimate of drug-likeness (QED) is 0.121. The molecule has 0 bridgehead atoms. The first-order valence-corrected chi connectivity index (χ1v) is 16.6. The lowest BCUT2D eigenvalue weighted by molar-refractivity contribution is -0.131. The highest BCUT2D eigenvalue weighted by Crippen LogP contribution is 2.20. The van der Waals surface area contributed by atoms with Gasteiger partial charge in [-0.15, -0.1) is 0 Å². The zero-order valence-corrected chi connectivity index (χ0v) is 27.6. The molecule has 3 aromatic carbocycles. The van der Waals surface area contributed by atoms with Gasteiger partial charge in [0.1, 0.15) is 11.9 Å². The molecule has 0 aliphatic carbocycles. The van der Waals surface area contributed by atoms with Crippen molar-refractivity contribution in [2.45, 2.75) is 59.0 Å². The lowest BCUT2D eigenvalue weighted by Gasteiger charge is -2.25. The second-order valence-corrected chi connectivity index (χ2v) is 12.0. The maximum Gasteiger partial charge on any atom is 0.243 e. The molecule has 6 rings (SSSR count). The number of piperidine rings is 1. The second-order valence-electron chi connectivity index (χ2n) is 12.0. The van der Waals surface area contributed by atoms with Crippen LogP contribution in [-0.4, -0.2) is 45.9 Å². The van der Waals surface area contributed by atoms with E-state index in [4.69, 9.17) is 0 Å². The van der Waals surface area contributed by atoms with Crippen LogP contribution in [-0.2, 0) is 29.0 Å². The number of H-pyrrole nitrogens is 2. The number of benzene rings is 3. The minimum absolute atomic E-state index is 0.0557. The largest absolute Gasteiger partial charge is 0.364 e. The van der Waals surface area contributed by atoms with E-state index in [0.717, 1.165) is 60.4 Å². The van der Waals surface area contributed by atoms with Crippen LogP contribution in [0.2, 0.25) is 0 Å². The third kappa shape index (κ3) is 9.08. The van der Waals surface area contributed by atoms with Gasteiger partial charge in [-0.05, 0) is 73.7 Å². The number of imidazole rings is 1. The predicted molar refractivity (Wildman–Crippen MR) is 191 cm³/mol. The molecule has 47 heavy (non-hydrogen) atoms. The first kappa shape index (κ1) is 33.4. The summed E-state index contributed by atoms with van der Waals surface area (Å²) >= 11 is 0. The molecule has 8 nitrogen and oxygen atoms in total. The number of carbonyl (C=O) groups excluding carboxylic acids is 2. The first-order chi connectivity index (χ1) is 22.9. The lowest BCUT2D eigenvalue weighted by Crippen LogP contribution is -2.50. The van der Waals surface area contributed by atoms with Crippen molar-refractivity contribution in [2.24, 2.45) is 5.92 Å². The summed E-state index contributed by atoms with van der Waals surface area (Å²) in [5.74, 6) is 0.308. The summed E-state index contributed by atoms with van der Waals surface area (Å²) in [7, 11) is 0. The van der Waals surface area contributed by atoms with Crippen LogP contribution < -0.4 is 16.0 Å². The van der Waals surface area contributed by atoms with Gasteiger partial charge in [0.25, 0.3) is 0 Å². The lowest BCUT2D eigenvalue weighted by atomic mass is 9.95. The number of hydrogen-bond acceptors (Lipinski definition) is 4. The van der Waals surface area contributed by atoms with Crippen molar-refractivity contribution in [3.05, 3.63) is 119 Å². The summed E-state index contributed by atoms with van der Waals surface area (Å²) in [6.45, 7) is 8.08. The smallest absolute Gasteiger partial charge is 0.243 e. The molecule has 5 N–H and O–H groups in total. The average Bonchev–Trinajstić information content (AvgIpc) is 3.75. The number of carbonyl (C=O) groups is 2. The topological polar surface area (TPSA) is 115 Å². The Morgan fingerprint density at radius 3 is 2.49 bits per heavy atom. The van der Waals surface area contributed by atoms with Crippen LogP contribution in [0.15, 0.2) is 91.3 Å². The van der Waals surface area contributed by atoms with Gasteiger partial charge in [-0.25, -0.2) is 4.98 Å². The van der Waals surface area contributed by atoms with Gasteiger partial charge < -0.3 is 25.9 Å². The van der Waals surface area contributed by atoms with Gasteiger partial charge >= 0.3 is 0 Å². The molecule has 8 heteroatoms. The van der Waals surface area contributed by atoms with Gasteiger partial charge in [0, 0.05) is 24.2 Å². The van der Waals surface area contributed by atoms with Crippen molar-refractivity contribution in [3.63, 3.8) is 0 Å². The fraction of sp³-hybridized carbons (Fsp3) is 0.308.